The van der Waals surface area contributed by atoms with Crippen molar-refractivity contribution in [3.05, 3.63) is 47.0 Å². The Kier molecular flexibility index (Phi) is 3.28. The molecule has 0 saturated carbocycles. The molecule has 0 aliphatic carbocycles. The summed E-state index contributed by atoms with van der Waals surface area (Å²) in [5, 5.41) is 3.13. The number of hydrogen-bond acceptors (Lipinski definition) is 2. The normalized spacial score (nSPS) is 10.6. The monoisotopic (exact) mass is 257 g/mol. The average Bonchev–Trinajstić information content (AvgIpc) is 2.60. The number of nitrogens with one attached hydrogen (secondary N) is 1. The third-order valence-electron chi connectivity index (χ3n) is 2.41. The lowest BCUT2D eigenvalue weighted by Crippen LogP contribution is -2.08. The number of anilines is 1. The molecule has 0 bridgehead atoms. The fourth-order valence-corrected chi connectivity index (χ4v) is 1.57. The number of benzene rings is 1. The highest BCUT2D eigenvalue weighted by atomic mass is 35.5. The number of aromatic nitrogens is 2. The standard InChI is InChI=1S/C11H10ClF2N3/c1-17-9(12)5-15-10(17)6-16-11-7(13)3-2-4-8(11)14/h2-5,16H,6H2,1H3. The molecule has 0 amide bonds. The largest absolute Gasteiger partial charge is 0.373 e. The van der Waals surface area contributed by atoms with Gasteiger partial charge in [0.05, 0.1) is 12.7 Å². The van der Waals surface area contributed by atoms with Crippen LogP contribution in [0.5, 0.6) is 0 Å². The van der Waals surface area contributed by atoms with Crippen LogP contribution in [0.25, 0.3) is 0 Å². The molecule has 0 atom stereocenters. The van der Waals surface area contributed by atoms with E-state index < -0.39 is 11.6 Å². The summed E-state index contributed by atoms with van der Waals surface area (Å²) in [5.41, 5.74) is -0.161. The van der Waals surface area contributed by atoms with Crippen molar-refractivity contribution >= 4 is 17.3 Å². The Morgan fingerprint density at radius 2 is 2.00 bits per heavy atom. The van der Waals surface area contributed by atoms with Crippen LogP contribution < -0.4 is 5.32 Å². The maximum Gasteiger partial charge on any atom is 0.149 e. The van der Waals surface area contributed by atoms with Gasteiger partial charge >= 0.3 is 0 Å². The van der Waals surface area contributed by atoms with Crippen LogP contribution in [0.15, 0.2) is 24.4 Å². The maximum atomic E-state index is 13.3. The molecule has 1 N–H and O–H groups in total. The summed E-state index contributed by atoms with van der Waals surface area (Å²) in [7, 11) is 1.73. The van der Waals surface area contributed by atoms with E-state index in [4.69, 9.17) is 11.6 Å². The summed E-state index contributed by atoms with van der Waals surface area (Å²) in [6.45, 7) is 0.196. The molecular formula is C11H10ClF2N3. The Hall–Kier alpha value is -1.62. The van der Waals surface area contributed by atoms with Crippen molar-refractivity contribution in [1.29, 1.82) is 0 Å². The van der Waals surface area contributed by atoms with Gasteiger partial charge in [0.25, 0.3) is 0 Å². The quantitative estimate of drug-likeness (QED) is 0.916. The van der Waals surface area contributed by atoms with Crippen LogP contribution in [-0.4, -0.2) is 9.55 Å². The lowest BCUT2D eigenvalue weighted by atomic mass is 10.3. The highest BCUT2D eigenvalue weighted by Crippen LogP contribution is 2.19. The highest BCUT2D eigenvalue weighted by molar-refractivity contribution is 6.29. The zero-order valence-electron chi connectivity index (χ0n) is 9.04. The van der Waals surface area contributed by atoms with E-state index in [0.29, 0.717) is 11.0 Å². The summed E-state index contributed by atoms with van der Waals surface area (Å²) in [5.74, 6) is -0.673. The molecule has 3 nitrogen and oxygen atoms in total. The van der Waals surface area contributed by atoms with Crippen LogP contribution in [0.2, 0.25) is 5.15 Å². The van der Waals surface area contributed by atoms with Gasteiger partial charge in [-0.15, -0.1) is 0 Å². The number of para-hydroxylation sites is 1. The van der Waals surface area contributed by atoms with Crippen molar-refractivity contribution in [3.63, 3.8) is 0 Å². The summed E-state index contributed by atoms with van der Waals surface area (Å²) < 4.78 is 28.2. The minimum atomic E-state index is -0.634. The molecule has 0 spiro atoms. The van der Waals surface area contributed by atoms with E-state index in [2.05, 4.69) is 10.3 Å². The smallest absolute Gasteiger partial charge is 0.149 e. The van der Waals surface area contributed by atoms with Crippen molar-refractivity contribution in [3.8, 4) is 0 Å². The molecule has 1 aromatic carbocycles. The van der Waals surface area contributed by atoms with E-state index >= 15 is 0 Å². The Morgan fingerprint density at radius 3 is 2.53 bits per heavy atom. The van der Waals surface area contributed by atoms with E-state index in [1.54, 1.807) is 11.6 Å². The summed E-state index contributed by atoms with van der Waals surface area (Å²) in [6, 6.07) is 3.70. The van der Waals surface area contributed by atoms with Gasteiger partial charge in [-0.1, -0.05) is 17.7 Å². The van der Waals surface area contributed by atoms with Crippen LogP contribution in [0, 0.1) is 11.6 Å². The molecule has 1 aromatic heterocycles. The first-order chi connectivity index (χ1) is 8.09. The van der Waals surface area contributed by atoms with Crippen LogP contribution in [0.3, 0.4) is 0 Å². The van der Waals surface area contributed by atoms with Gasteiger partial charge in [-0.25, -0.2) is 13.8 Å². The minimum absolute atomic E-state index is 0.161. The number of halogens is 3. The fourth-order valence-electron chi connectivity index (χ4n) is 1.42. The fraction of sp³-hybridized carbons (Fsp3) is 0.182. The van der Waals surface area contributed by atoms with Gasteiger partial charge in [0.15, 0.2) is 0 Å². The Bertz CT molecular complexity index is 519. The number of nitrogens with zero attached hydrogens (tertiary/aromatic N) is 2. The summed E-state index contributed by atoms with van der Waals surface area (Å²) in [6.07, 6.45) is 1.48. The molecule has 1 heterocycles. The number of imidazole rings is 1. The average molecular weight is 258 g/mol. The molecule has 2 aromatic rings. The number of hydrogen-bond donors (Lipinski definition) is 1. The third kappa shape index (κ3) is 2.39. The maximum absolute atomic E-state index is 13.3. The van der Waals surface area contributed by atoms with Gasteiger partial charge in [-0.05, 0) is 12.1 Å². The Morgan fingerprint density at radius 1 is 1.35 bits per heavy atom. The minimum Gasteiger partial charge on any atom is -0.373 e. The second-order valence-corrected chi connectivity index (χ2v) is 3.89. The van der Waals surface area contributed by atoms with E-state index in [0.717, 1.165) is 0 Å². The van der Waals surface area contributed by atoms with E-state index in [1.807, 2.05) is 0 Å². The summed E-state index contributed by atoms with van der Waals surface area (Å²) in [4.78, 5) is 4.01. The van der Waals surface area contributed by atoms with Crippen molar-refractivity contribution in [1.82, 2.24) is 9.55 Å². The predicted octanol–water partition coefficient (Wildman–Crippen LogP) is 2.96. The second-order valence-electron chi connectivity index (χ2n) is 3.51. The van der Waals surface area contributed by atoms with E-state index in [1.165, 1.54) is 24.4 Å². The van der Waals surface area contributed by atoms with Crippen molar-refractivity contribution in [2.75, 3.05) is 5.32 Å². The number of rotatable bonds is 3. The van der Waals surface area contributed by atoms with Gasteiger partial charge in [-0.2, -0.15) is 0 Å². The Labute approximate surface area is 102 Å². The topological polar surface area (TPSA) is 29.9 Å². The van der Waals surface area contributed by atoms with Crippen molar-refractivity contribution in [2.45, 2.75) is 6.54 Å². The van der Waals surface area contributed by atoms with Crippen LogP contribution in [0.1, 0.15) is 5.82 Å². The molecule has 0 saturated heterocycles. The lowest BCUT2D eigenvalue weighted by Gasteiger charge is -2.08. The third-order valence-corrected chi connectivity index (χ3v) is 2.76. The van der Waals surface area contributed by atoms with Gasteiger partial charge in [-0.3, -0.25) is 0 Å². The van der Waals surface area contributed by atoms with Crippen LogP contribution in [-0.2, 0) is 13.6 Å². The molecule has 17 heavy (non-hydrogen) atoms. The first-order valence-electron chi connectivity index (χ1n) is 4.93. The molecule has 0 fully saturated rings. The van der Waals surface area contributed by atoms with E-state index in [-0.39, 0.29) is 12.2 Å². The molecule has 2 rings (SSSR count). The van der Waals surface area contributed by atoms with Crippen LogP contribution in [0.4, 0.5) is 14.5 Å². The van der Waals surface area contributed by atoms with Crippen molar-refractivity contribution < 1.29 is 8.78 Å². The molecule has 6 heteroatoms. The molecule has 90 valence electrons. The molecule has 0 unspecified atom stereocenters. The van der Waals surface area contributed by atoms with Gasteiger partial charge in [0.1, 0.15) is 28.3 Å². The van der Waals surface area contributed by atoms with Gasteiger partial charge in [0, 0.05) is 7.05 Å². The molecule has 0 aliphatic rings. The summed E-state index contributed by atoms with van der Waals surface area (Å²) >= 11 is 5.80. The van der Waals surface area contributed by atoms with Gasteiger partial charge < -0.3 is 9.88 Å². The first-order valence-corrected chi connectivity index (χ1v) is 5.31. The van der Waals surface area contributed by atoms with Crippen molar-refractivity contribution in [2.24, 2.45) is 7.05 Å². The Balaban J connectivity index is 2.15. The predicted molar refractivity (Wildman–Crippen MR) is 61.9 cm³/mol. The molecule has 0 aliphatic heterocycles. The first kappa shape index (κ1) is 11.9. The van der Waals surface area contributed by atoms with Gasteiger partial charge in [0.2, 0.25) is 0 Å². The highest BCUT2D eigenvalue weighted by Gasteiger charge is 2.09. The lowest BCUT2D eigenvalue weighted by molar-refractivity contribution is 0.587. The van der Waals surface area contributed by atoms with E-state index in [9.17, 15) is 8.78 Å². The molecule has 0 radical (unpaired) electrons. The second kappa shape index (κ2) is 4.71. The van der Waals surface area contributed by atoms with Crippen LogP contribution >= 0.6 is 11.6 Å². The zero-order valence-corrected chi connectivity index (χ0v) is 9.80. The SMILES string of the molecule is Cn1c(Cl)cnc1CNc1c(F)cccc1F. The zero-order chi connectivity index (χ0) is 12.4. The molecular weight excluding hydrogens is 248 g/mol.